The van der Waals surface area contributed by atoms with Crippen molar-refractivity contribution in [1.29, 1.82) is 0 Å². The number of carbonyl (C=O) groups is 1. The average molecular weight is 336 g/mol. The van der Waals surface area contributed by atoms with Gasteiger partial charge < -0.3 is 5.32 Å². The lowest BCUT2D eigenvalue weighted by molar-refractivity contribution is -0.116. The summed E-state index contributed by atoms with van der Waals surface area (Å²) in [7, 11) is -3.09. The van der Waals surface area contributed by atoms with Crippen LogP contribution >= 0.6 is 0 Å². The van der Waals surface area contributed by atoms with Gasteiger partial charge in [-0.1, -0.05) is 12.1 Å². The van der Waals surface area contributed by atoms with Crippen LogP contribution in [-0.4, -0.2) is 44.0 Å². The maximum Gasteiger partial charge on any atom is 0.244 e. The summed E-state index contributed by atoms with van der Waals surface area (Å²) in [5, 5.41) is 2.73. The van der Waals surface area contributed by atoms with Gasteiger partial charge in [0.15, 0.2) is 0 Å². The zero-order valence-corrected chi connectivity index (χ0v) is 14.7. The minimum atomic E-state index is -3.09. The Hall–Kier alpha value is -1.66. The van der Waals surface area contributed by atoms with Crippen LogP contribution in [0.1, 0.15) is 28.7 Å². The van der Waals surface area contributed by atoms with Crippen molar-refractivity contribution < 1.29 is 13.2 Å². The average Bonchev–Trinajstić information content (AvgIpc) is 2.80. The third kappa shape index (κ3) is 4.65. The molecule has 0 radical (unpaired) electrons. The van der Waals surface area contributed by atoms with Crippen molar-refractivity contribution in [3.8, 4) is 0 Å². The highest BCUT2D eigenvalue weighted by Crippen LogP contribution is 2.16. The molecule has 1 fully saturated rings. The molecule has 0 unspecified atom stereocenters. The number of amides is 1. The number of nitrogens with one attached hydrogen (secondary N) is 1. The van der Waals surface area contributed by atoms with Crippen LogP contribution in [0.4, 0.5) is 0 Å². The van der Waals surface area contributed by atoms with Crippen molar-refractivity contribution in [2.75, 3.05) is 25.4 Å². The van der Waals surface area contributed by atoms with E-state index in [-0.39, 0.29) is 11.7 Å². The molecule has 1 aliphatic rings. The van der Waals surface area contributed by atoms with Gasteiger partial charge in [0.2, 0.25) is 15.9 Å². The Morgan fingerprint density at radius 3 is 2.57 bits per heavy atom. The van der Waals surface area contributed by atoms with E-state index >= 15 is 0 Å². The zero-order valence-electron chi connectivity index (χ0n) is 13.9. The normalized spacial score (nSPS) is 17.7. The minimum absolute atomic E-state index is 0.209. The fourth-order valence-electron chi connectivity index (χ4n) is 2.63. The summed E-state index contributed by atoms with van der Waals surface area (Å²) in [6.45, 7) is 7.34. The number of sulfonamides is 1. The lowest BCUT2D eigenvalue weighted by Crippen LogP contribution is -2.35. The first-order chi connectivity index (χ1) is 10.8. The van der Waals surface area contributed by atoms with Crippen molar-refractivity contribution in [3.63, 3.8) is 0 Å². The Kier molecular flexibility index (Phi) is 5.59. The summed E-state index contributed by atoms with van der Waals surface area (Å²) >= 11 is 0. The number of aryl methyl sites for hydroxylation is 3. The van der Waals surface area contributed by atoms with Crippen molar-refractivity contribution in [1.82, 2.24) is 9.62 Å². The molecule has 1 aromatic rings. The smallest absolute Gasteiger partial charge is 0.244 e. The van der Waals surface area contributed by atoms with Gasteiger partial charge in [0.25, 0.3) is 0 Å². The van der Waals surface area contributed by atoms with E-state index in [1.54, 1.807) is 6.08 Å². The van der Waals surface area contributed by atoms with Crippen LogP contribution in [0.25, 0.3) is 6.08 Å². The molecule has 1 amide bonds. The molecule has 2 rings (SSSR count). The first-order valence-corrected chi connectivity index (χ1v) is 9.42. The van der Waals surface area contributed by atoms with E-state index in [4.69, 9.17) is 0 Å². The second kappa shape index (κ2) is 7.27. The highest BCUT2D eigenvalue weighted by Gasteiger charge is 2.27. The van der Waals surface area contributed by atoms with Gasteiger partial charge in [-0.25, -0.2) is 12.7 Å². The van der Waals surface area contributed by atoms with Crippen molar-refractivity contribution >= 4 is 22.0 Å². The lowest BCUT2D eigenvalue weighted by Gasteiger charge is -2.13. The maximum atomic E-state index is 11.8. The van der Waals surface area contributed by atoms with Crippen molar-refractivity contribution in [2.45, 2.75) is 27.2 Å². The maximum absolute atomic E-state index is 11.8. The van der Waals surface area contributed by atoms with Crippen LogP contribution < -0.4 is 5.32 Å². The molecule has 5 nitrogen and oxygen atoms in total. The quantitative estimate of drug-likeness (QED) is 0.834. The summed E-state index contributed by atoms with van der Waals surface area (Å²) in [5.41, 5.74) is 4.57. The van der Waals surface area contributed by atoms with Crippen LogP contribution in [0.3, 0.4) is 0 Å². The van der Waals surface area contributed by atoms with Crippen LogP contribution in [0.15, 0.2) is 18.2 Å². The number of nitrogens with zero attached hydrogens (tertiary/aromatic N) is 1. The SMILES string of the molecule is Cc1cc(C)c(C=CC(=O)NCCN2CCCS2(=O)=O)cc1C. The largest absolute Gasteiger partial charge is 0.351 e. The molecule has 6 heteroatoms. The molecular formula is C17H24N2O3S. The van der Waals surface area contributed by atoms with Gasteiger partial charge in [-0.2, -0.15) is 0 Å². The molecule has 23 heavy (non-hydrogen) atoms. The van der Waals surface area contributed by atoms with E-state index in [9.17, 15) is 13.2 Å². The first-order valence-electron chi connectivity index (χ1n) is 7.81. The van der Waals surface area contributed by atoms with Gasteiger partial charge >= 0.3 is 0 Å². The summed E-state index contributed by atoms with van der Waals surface area (Å²) in [6, 6.07) is 4.16. The molecule has 1 aliphatic heterocycles. The standard InChI is InChI=1S/C17H24N2O3S/c1-13-11-15(3)16(12-14(13)2)5-6-17(20)18-7-9-19-8-4-10-23(19,21)22/h5-6,11-12H,4,7-10H2,1-3H3,(H,18,20). The molecule has 0 aromatic heterocycles. The number of hydrogen-bond donors (Lipinski definition) is 1. The summed E-state index contributed by atoms with van der Waals surface area (Å²) < 4.78 is 24.7. The lowest BCUT2D eigenvalue weighted by atomic mass is 10.0. The summed E-state index contributed by atoms with van der Waals surface area (Å²) in [6.07, 6.45) is 3.96. The van der Waals surface area contributed by atoms with Gasteiger partial charge in [0, 0.05) is 25.7 Å². The van der Waals surface area contributed by atoms with E-state index in [2.05, 4.69) is 24.4 Å². The Balaban J connectivity index is 1.86. The third-order valence-corrected chi connectivity index (χ3v) is 6.12. The predicted octanol–water partition coefficient (Wildman–Crippen LogP) is 1.78. The van der Waals surface area contributed by atoms with E-state index in [0.717, 1.165) is 11.1 Å². The second-order valence-corrected chi connectivity index (χ2v) is 8.07. The molecule has 0 aliphatic carbocycles. The monoisotopic (exact) mass is 336 g/mol. The highest BCUT2D eigenvalue weighted by atomic mass is 32.2. The predicted molar refractivity (Wildman–Crippen MR) is 92.7 cm³/mol. The van der Waals surface area contributed by atoms with E-state index in [1.165, 1.54) is 21.5 Å². The van der Waals surface area contributed by atoms with Gasteiger partial charge in [0.05, 0.1) is 5.75 Å². The van der Waals surface area contributed by atoms with Crippen LogP contribution in [0.2, 0.25) is 0 Å². The number of rotatable bonds is 5. The highest BCUT2D eigenvalue weighted by molar-refractivity contribution is 7.89. The zero-order chi connectivity index (χ0) is 17.0. The van der Waals surface area contributed by atoms with Crippen LogP contribution in [0, 0.1) is 20.8 Å². The summed E-state index contributed by atoms with van der Waals surface area (Å²) in [4.78, 5) is 11.8. The first kappa shape index (κ1) is 17.7. The fraction of sp³-hybridized carbons (Fsp3) is 0.471. The molecule has 1 N–H and O–H groups in total. The Morgan fingerprint density at radius 1 is 1.22 bits per heavy atom. The molecule has 126 valence electrons. The van der Waals surface area contributed by atoms with Gasteiger partial charge in [-0.05, 0) is 55.5 Å². The molecule has 1 saturated heterocycles. The minimum Gasteiger partial charge on any atom is -0.351 e. The molecule has 0 spiro atoms. The van der Waals surface area contributed by atoms with Gasteiger partial charge in [-0.3, -0.25) is 4.79 Å². The Morgan fingerprint density at radius 2 is 1.91 bits per heavy atom. The molecule has 0 bridgehead atoms. The fourth-order valence-corrected chi connectivity index (χ4v) is 4.16. The van der Waals surface area contributed by atoms with Crippen LogP contribution in [-0.2, 0) is 14.8 Å². The third-order valence-electron chi connectivity index (χ3n) is 4.16. The second-order valence-electron chi connectivity index (χ2n) is 5.99. The molecule has 1 heterocycles. The molecule has 1 aromatic carbocycles. The van der Waals surface area contributed by atoms with Crippen molar-refractivity contribution in [3.05, 3.63) is 40.5 Å². The number of carbonyl (C=O) groups excluding carboxylic acids is 1. The van der Waals surface area contributed by atoms with Crippen molar-refractivity contribution in [2.24, 2.45) is 0 Å². The number of benzene rings is 1. The van der Waals surface area contributed by atoms with Crippen LogP contribution in [0.5, 0.6) is 0 Å². The Labute approximate surface area is 138 Å². The van der Waals surface area contributed by atoms with E-state index in [1.807, 2.05) is 13.8 Å². The Bertz CT molecular complexity index is 724. The van der Waals surface area contributed by atoms with E-state index in [0.29, 0.717) is 26.1 Å². The van der Waals surface area contributed by atoms with Gasteiger partial charge in [-0.15, -0.1) is 0 Å². The van der Waals surface area contributed by atoms with E-state index < -0.39 is 10.0 Å². The summed E-state index contributed by atoms with van der Waals surface area (Å²) in [5.74, 6) is 0.00613. The topological polar surface area (TPSA) is 66.5 Å². The molecular weight excluding hydrogens is 312 g/mol. The molecule has 0 saturated carbocycles. The number of hydrogen-bond acceptors (Lipinski definition) is 3. The van der Waals surface area contributed by atoms with Gasteiger partial charge in [0.1, 0.15) is 0 Å². The molecule has 0 atom stereocenters.